The fraction of sp³-hybridized carbons (Fsp3) is 0.381. The molecule has 0 saturated heterocycles. The van der Waals surface area contributed by atoms with Gasteiger partial charge in [0, 0.05) is 5.56 Å². The Bertz CT molecular complexity index is 751. The lowest BCUT2D eigenvalue weighted by molar-refractivity contribution is 0.0939. The Balaban J connectivity index is 1.73. The summed E-state index contributed by atoms with van der Waals surface area (Å²) in [6.45, 7) is 3.99. The standard InChI is InChI=1S/C21H25NO2/c1-14-12-19(10-11-20(14)24-3)21(23)22-15(2)17-9-8-16-6-4-5-7-18(16)13-17/h8-13,15H,4-7H2,1-3H3,(H,22,23)/t15-/m1/s1. The van der Waals surface area contributed by atoms with Gasteiger partial charge in [-0.3, -0.25) is 4.79 Å². The fourth-order valence-electron chi connectivity index (χ4n) is 3.41. The van der Waals surface area contributed by atoms with Crippen LogP contribution in [0.5, 0.6) is 5.75 Å². The third-order valence-electron chi connectivity index (χ3n) is 4.88. The third kappa shape index (κ3) is 3.45. The molecular formula is C21H25NO2. The highest BCUT2D eigenvalue weighted by Crippen LogP contribution is 2.25. The molecule has 0 unspecified atom stereocenters. The number of ether oxygens (including phenoxy) is 1. The average molecular weight is 323 g/mol. The number of hydrogen-bond donors (Lipinski definition) is 1. The number of amides is 1. The predicted octanol–water partition coefficient (Wildman–Crippen LogP) is 4.37. The number of methoxy groups -OCH3 is 1. The fourth-order valence-corrected chi connectivity index (χ4v) is 3.41. The Hall–Kier alpha value is -2.29. The van der Waals surface area contributed by atoms with E-state index in [1.165, 1.54) is 36.0 Å². The highest BCUT2D eigenvalue weighted by molar-refractivity contribution is 5.94. The summed E-state index contributed by atoms with van der Waals surface area (Å²) in [5.74, 6) is 0.750. The van der Waals surface area contributed by atoms with Crippen LogP contribution in [0.25, 0.3) is 0 Å². The highest BCUT2D eigenvalue weighted by atomic mass is 16.5. The minimum Gasteiger partial charge on any atom is -0.496 e. The lowest BCUT2D eigenvalue weighted by Gasteiger charge is -2.20. The topological polar surface area (TPSA) is 38.3 Å². The average Bonchev–Trinajstić information content (AvgIpc) is 2.61. The minimum absolute atomic E-state index is 0.00728. The van der Waals surface area contributed by atoms with Crippen LogP contribution < -0.4 is 10.1 Å². The largest absolute Gasteiger partial charge is 0.496 e. The molecule has 3 nitrogen and oxygen atoms in total. The van der Waals surface area contributed by atoms with Crippen molar-refractivity contribution in [3.63, 3.8) is 0 Å². The molecule has 3 rings (SSSR count). The van der Waals surface area contributed by atoms with Crippen LogP contribution in [-0.4, -0.2) is 13.0 Å². The van der Waals surface area contributed by atoms with E-state index in [-0.39, 0.29) is 11.9 Å². The summed E-state index contributed by atoms with van der Waals surface area (Å²) in [6.07, 6.45) is 4.89. The number of fused-ring (bicyclic) bond motifs is 1. The Morgan fingerprint density at radius 2 is 1.83 bits per heavy atom. The zero-order valence-electron chi connectivity index (χ0n) is 14.7. The first kappa shape index (κ1) is 16.6. The van der Waals surface area contributed by atoms with E-state index in [2.05, 4.69) is 23.5 Å². The summed E-state index contributed by atoms with van der Waals surface area (Å²) >= 11 is 0. The first-order valence-corrected chi connectivity index (χ1v) is 8.65. The van der Waals surface area contributed by atoms with Crippen LogP contribution in [0.4, 0.5) is 0 Å². The van der Waals surface area contributed by atoms with Crippen molar-refractivity contribution in [2.24, 2.45) is 0 Å². The van der Waals surface area contributed by atoms with Crippen LogP contribution in [0, 0.1) is 6.92 Å². The molecular weight excluding hydrogens is 298 g/mol. The first-order valence-electron chi connectivity index (χ1n) is 8.65. The molecule has 0 aromatic heterocycles. The van der Waals surface area contributed by atoms with Crippen molar-refractivity contribution in [2.75, 3.05) is 7.11 Å². The normalized spacial score (nSPS) is 14.6. The lowest BCUT2D eigenvalue weighted by atomic mass is 9.89. The van der Waals surface area contributed by atoms with Gasteiger partial charge in [-0.15, -0.1) is 0 Å². The smallest absolute Gasteiger partial charge is 0.251 e. The summed E-state index contributed by atoms with van der Waals surface area (Å²) in [6, 6.07) is 12.1. The Morgan fingerprint density at radius 1 is 1.08 bits per heavy atom. The zero-order valence-corrected chi connectivity index (χ0v) is 14.7. The number of rotatable bonds is 4. The van der Waals surface area contributed by atoms with Crippen LogP contribution >= 0.6 is 0 Å². The van der Waals surface area contributed by atoms with E-state index in [1.807, 2.05) is 26.0 Å². The van der Waals surface area contributed by atoms with E-state index in [1.54, 1.807) is 13.2 Å². The van der Waals surface area contributed by atoms with Gasteiger partial charge in [-0.05, 0) is 80.0 Å². The summed E-state index contributed by atoms with van der Waals surface area (Å²) in [5, 5.41) is 3.10. The number of aryl methyl sites for hydroxylation is 3. The van der Waals surface area contributed by atoms with Crippen LogP contribution in [0.3, 0.4) is 0 Å². The molecule has 1 amide bonds. The van der Waals surface area contributed by atoms with Crippen LogP contribution in [0.1, 0.15) is 58.4 Å². The molecule has 1 aliphatic rings. The third-order valence-corrected chi connectivity index (χ3v) is 4.88. The first-order chi connectivity index (χ1) is 11.6. The Kier molecular flexibility index (Phi) is 4.89. The Morgan fingerprint density at radius 3 is 2.54 bits per heavy atom. The molecule has 24 heavy (non-hydrogen) atoms. The van der Waals surface area contributed by atoms with Crippen molar-refractivity contribution < 1.29 is 9.53 Å². The number of carbonyl (C=O) groups excluding carboxylic acids is 1. The minimum atomic E-state index is -0.0500. The summed E-state index contributed by atoms with van der Waals surface area (Å²) < 4.78 is 5.25. The zero-order chi connectivity index (χ0) is 17.1. The summed E-state index contributed by atoms with van der Waals surface area (Å²) in [4.78, 5) is 12.5. The van der Waals surface area contributed by atoms with E-state index in [4.69, 9.17) is 4.74 Å². The van der Waals surface area contributed by atoms with Gasteiger partial charge in [-0.1, -0.05) is 18.2 Å². The second-order valence-electron chi connectivity index (χ2n) is 6.61. The molecule has 2 aromatic rings. The summed E-state index contributed by atoms with van der Waals surface area (Å²) in [5.41, 5.74) is 5.72. The van der Waals surface area contributed by atoms with Crippen molar-refractivity contribution in [1.29, 1.82) is 0 Å². The van der Waals surface area contributed by atoms with Crippen molar-refractivity contribution in [1.82, 2.24) is 5.32 Å². The quantitative estimate of drug-likeness (QED) is 0.907. The van der Waals surface area contributed by atoms with E-state index < -0.39 is 0 Å². The molecule has 1 atom stereocenters. The second-order valence-corrected chi connectivity index (χ2v) is 6.61. The molecule has 1 aliphatic carbocycles. The van der Waals surface area contributed by atoms with Gasteiger partial charge in [0.15, 0.2) is 0 Å². The molecule has 0 spiro atoms. The number of hydrogen-bond acceptors (Lipinski definition) is 2. The van der Waals surface area contributed by atoms with Crippen molar-refractivity contribution in [3.05, 3.63) is 64.2 Å². The monoisotopic (exact) mass is 323 g/mol. The molecule has 0 bridgehead atoms. The van der Waals surface area contributed by atoms with Gasteiger partial charge in [-0.2, -0.15) is 0 Å². The van der Waals surface area contributed by atoms with Crippen LogP contribution in [-0.2, 0) is 12.8 Å². The van der Waals surface area contributed by atoms with Gasteiger partial charge in [0.2, 0.25) is 0 Å². The molecule has 126 valence electrons. The highest BCUT2D eigenvalue weighted by Gasteiger charge is 2.15. The molecule has 3 heteroatoms. The molecule has 0 saturated carbocycles. The van der Waals surface area contributed by atoms with Gasteiger partial charge < -0.3 is 10.1 Å². The van der Waals surface area contributed by atoms with Gasteiger partial charge in [0.1, 0.15) is 5.75 Å². The maximum absolute atomic E-state index is 12.5. The van der Waals surface area contributed by atoms with Gasteiger partial charge in [0.25, 0.3) is 5.91 Å². The van der Waals surface area contributed by atoms with E-state index >= 15 is 0 Å². The molecule has 0 heterocycles. The summed E-state index contributed by atoms with van der Waals surface area (Å²) in [7, 11) is 1.64. The van der Waals surface area contributed by atoms with E-state index in [9.17, 15) is 4.79 Å². The van der Waals surface area contributed by atoms with Gasteiger partial charge in [-0.25, -0.2) is 0 Å². The molecule has 0 aliphatic heterocycles. The lowest BCUT2D eigenvalue weighted by Crippen LogP contribution is -2.27. The molecule has 0 radical (unpaired) electrons. The number of carbonyl (C=O) groups is 1. The van der Waals surface area contributed by atoms with E-state index in [0.29, 0.717) is 5.56 Å². The van der Waals surface area contributed by atoms with Crippen molar-refractivity contribution in [3.8, 4) is 5.75 Å². The Labute approximate surface area is 144 Å². The molecule has 0 fully saturated rings. The maximum atomic E-state index is 12.5. The number of nitrogens with one attached hydrogen (secondary N) is 1. The van der Waals surface area contributed by atoms with Crippen LogP contribution in [0.2, 0.25) is 0 Å². The van der Waals surface area contributed by atoms with Crippen molar-refractivity contribution in [2.45, 2.75) is 45.6 Å². The maximum Gasteiger partial charge on any atom is 0.251 e. The van der Waals surface area contributed by atoms with Gasteiger partial charge in [0.05, 0.1) is 13.2 Å². The second kappa shape index (κ2) is 7.08. The number of benzene rings is 2. The van der Waals surface area contributed by atoms with Crippen LogP contribution in [0.15, 0.2) is 36.4 Å². The molecule has 2 aromatic carbocycles. The van der Waals surface area contributed by atoms with E-state index in [0.717, 1.165) is 17.7 Å². The predicted molar refractivity (Wildman–Crippen MR) is 96.7 cm³/mol. The molecule has 1 N–H and O–H groups in total. The van der Waals surface area contributed by atoms with Gasteiger partial charge >= 0.3 is 0 Å². The van der Waals surface area contributed by atoms with Crippen molar-refractivity contribution >= 4 is 5.91 Å². The SMILES string of the molecule is COc1ccc(C(=O)N[C@H](C)c2ccc3c(c2)CCCC3)cc1C.